The van der Waals surface area contributed by atoms with Crippen LogP contribution in [0.1, 0.15) is 25.3 Å². The average Bonchev–Trinajstić information content (AvgIpc) is 2.38. The van der Waals surface area contributed by atoms with Crippen LogP contribution in [-0.4, -0.2) is 25.0 Å². The lowest BCUT2D eigenvalue weighted by Gasteiger charge is -2.35. The van der Waals surface area contributed by atoms with Crippen molar-refractivity contribution in [3.63, 3.8) is 0 Å². The molecule has 1 heterocycles. The molecule has 0 bridgehead atoms. The first kappa shape index (κ1) is 13.9. The smallest absolute Gasteiger partial charge is 0.217 e. The quantitative estimate of drug-likeness (QED) is 0.910. The molecule has 1 aliphatic heterocycles. The van der Waals surface area contributed by atoms with E-state index in [9.17, 15) is 10.1 Å². The number of carbonyl (C=O) groups excluding carboxylic acids is 1. The van der Waals surface area contributed by atoms with E-state index in [2.05, 4.69) is 32.2 Å². The van der Waals surface area contributed by atoms with Crippen molar-refractivity contribution < 1.29 is 4.79 Å². The molecule has 1 N–H and O–H groups in total. The summed E-state index contributed by atoms with van der Waals surface area (Å²) in [7, 11) is 0. The second-order valence-electron chi connectivity index (χ2n) is 4.76. The lowest BCUT2D eigenvalue weighted by molar-refractivity contribution is -0.119. The number of piperidine rings is 1. The van der Waals surface area contributed by atoms with E-state index in [1.54, 1.807) is 6.92 Å². The van der Waals surface area contributed by atoms with Crippen molar-refractivity contribution >= 4 is 27.5 Å². The Morgan fingerprint density at radius 1 is 1.58 bits per heavy atom. The first-order valence-corrected chi connectivity index (χ1v) is 7.11. The third kappa shape index (κ3) is 3.48. The molecule has 5 heteroatoms. The van der Waals surface area contributed by atoms with Crippen LogP contribution >= 0.6 is 15.9 Å². The molecule has 1 aliphatic rings. The fourth-order valence-corrected chi connectivity index (χ4v) is 2.84. The lowest BCUT2D eigenvalue weighted by Crippen LogP contribution is -2.47. The number of halogens is 1. The Labute approximate surface area is 121 Å². The minimum absolute atomic E-state index is 0.00293. The van der Waals surface area contributed by atoms with Crippen molar-refractivity contribution in [2.75, 3.05) is 18.0 Å². The molecular formula is C14H16BrN3O. The number of nitrogens with zero attached hydrogens (tertiary/aromatic N) is 2. The summed E-state index contributed by atoms with van der Waals surface area (Å²) in [5, 5.41) is 12.2. The largest absolute Gasteiger partial charge is 0.368 e. The van der Waals surface area contributed by atoms with Gasteiger partial charge in [0.05, 0.1) is 11.3 Å². The number of hydrogen-bond donors (Lipinski definition) is 1. The lowest BCUT2D eigenvalue weighted by atomic mass is 10.0. The molecule has 1 aromatic rings. The third-order valence-corrected chi connectivity index (χ3v) is 3.74. The van der Waals surface area contributed by atoms with E-state index in [0.717, 1.165) is 36.1 Å². The van der Waals surface area contributed by atoms with Crippen LogP contribution in [0.5, 0.6) is 0 Å². The molecule has 1 aromatic carbocycles. The van der Waals surface area contributed by atoms with Crippen LogP contribution in [0.3, 0.4) is 0 Å². The molecule has 0 aliphatic carbocycles. The summed E-state index contributed by atoms with van der Waals surface area (Å²) in [5.74, 6) is 0.00293. The maximum absolute atomic E-state index is 11.1. The van der Waals surface area contributed by atoms with Gasteiger partial charge in [0.15, 0.2) is 0 Å². The van der Waals surface area contributed by atoms with E-state index in [4.69, 9.17) is 0 Å². The molecule has 19 heavy (non-hydrogen) atoms. The Morgan fingerprint density at radius 3 is 3.05 bits per heavy atom. The van der Waals surface area contributed by atoms with Crippen LogP contribution in [0.4, 0.5) is 5.69 Å². The van der Waals surface area contributed by atoms with E-state index >= 15 is 0 Å². The Morgan fingerprint density at radius 2 is 2.37 bits per heavy atom. The predicted molar refractivity (Wildman–Crippen MR) is 77.9 cm³/mol. The van der Waals surface area contributed by atoms with Crippen molar-refractivity contribution in [1.29, 1.82) is 5.26 Å². The first-order chi connectivity index (χ1) is 9.10. The minimum Gasteiger partial charge on any atom is -0.368 e. The molecule has 1 fully saturated rings. The molecule has 2 rings (SSSR count). The molecular weight excluding hydrogens is 306 g/mol. The highest BCUT2D eigenvalue weighted by atomic mass is 79.9. The summed E-state index contributed by atoms with van der Waals surface area (Å²) >= 11 is 3.38. The molecule has 0 saturated carbocycles. The zero-order valence-electron chi connectivity index (χ0n) is 10.8. The summed E-state index contributed by atoms with van der Waals surface area (Å²) < 4.78 is 0.906. The fourth-order valence-electron chi connectivity index (χ4n) is 2.47. The summed E-state index contributed by atoms with van der Waals surface area (Å²) in [4.78, 5) is 13.3. The van der Waals surface area contributed by atoms with Crippen LogP contribution in [0, 0.1) is 11.3 Å². The molecule has 0 aromatic heterocycles. The molecule has 100 valence electrons. The molecule has 0 unspecified atom stereocenters. The predicted octanol–water partition coefficient (Wildman–Crippen LogP) is 2.43. The highest BCUT2D eigenvalue weighted by Gasteiger charge is 2.22. The van der Waals surface area contributed by atoms with Crippen LogP contribution in [0.2, 0.25) is 0 Å². The molecule has 1 amide bonds. The maximum Gasteiger partial charge on any atom is 0.217 e. The van der Waals surface area contributed by atoms with Crippen molar-refractivity contribution in [3.8, 4) is 6.07 Å². The number of anilines is 1. The summed E-state index contributed by atoms with van der Waals surface area (Å²) in [6, 6.07) is 8.13. The van der Waals surface area contributed by atoms with Crippen LogP contribution < -0.4 is 10.2 Å². The van der Waals surface area contributed by atoms with E-state index < -0.39 is 0 Å². The zero-order valence-corrected chi connectivity index (χ0v) is 12.4. The van der Waals surface area contributed by atoms with Crippen molar-refractivity contribution in [2.45, 2.75) is 25.8 Å². The molecule has 0 spiro atoms. The highest BCUT2D eigenvalue weighted by molar-refractivity contribution is 9.10. The number of carbonyl (C=O) groups is 1. The Hall–Kier alpha value is -1.54. The van der Waals surface area contributed by atoms with Gasteiger partial charge in [-0.15, -0.1) is 0 Å². The average molecular weight is 322 g/mol. The van der Waals surface area contributed by atoms with Crippen molar-refractivity contribution in [1.82, 2.24) is 5.32 Å². The van der Waals surface area contributed by atoms with Crippen LogP contribution in [-0.2, 0) is 4.79 Å². The fraction of sp³-hybridized carbons (Fsp3) is 0.429. The number of rotatable bonds is 2. The van der Waals surface area contributed by atoms with Gasteiger partial charge in [-0.3, -0.25) is 4.79 Å². The number of amides is 1. The zero-order chi connectivity index (χ0) is 13.8. The normalized spacial score (nSPS) is 18.8. The third-order valence-electron chi connectivity index (χ3n) is 3.25. The number of hydrogen-bond acceptors (Lipinski definition) is 3. The van der Waals surface area contributed by atoms with Gasteiger partial charge in [0.25, 0.3) is 0 Å². The Bertz CT molecular complexity index is 524. The van der Waals surface area contributed by atoms with Gasteiger partial charge in [-0.05, 0) is 31.0 Å². The molecule has 0 radical (unpaired) electrons. The van der Waals surface area contributed by atoms with Gasteiger partial charge in [0, 0.05) is 30.5 Å². The van der Waals surface area contributed by atoms with Crippen LogP contribution in [0.15, 0.2) is 22.7 Å². The standard InChI is InChI=1S/C14H16BrN3O/c1-10(19)17-13-3-2-6-18(9-13)14-5-4-12(15)7-11(14)8-16/h4-5,7,13H,2-3,6,9H2,1H3,(H,17,19)/t13-/m1/s1. The second kappa shape index (κ2) is 6.07. The van der Waals surface area contributed by atoms with Gasteiger partial charge in [0.1, 0.15) is 6.07 Å². The van der Waals surface area contributed by atoms with E-state index in [-0.39, 0.29) is 11.9 Å². The van der Waals surface area contributed by atoms with Crippen molar-refractivity contribution in [3.05, 3.63) is 28.2 Å². The summed E-state index contributed by atoms with van der Waals surface area (Å²) in [5.41, 5.74) is 1.61. The number of nitriles is 1. The van der Waals surface area contributed by atoms with Gasteiger partial charge in [-0.1, -0.05) is 15.9 Å². The maximum atomic E-state index is 11.1. The summed E-state index contributed by atoms with van der Waals surface area (Å²) in [6.45, 7) is 3.22. The Kier molecular flexibility index (Phi) is 4.43. The first-order valence-electron chi connectivity index (χ1n) is 6.32. The SMILES string of the molecule is CC(=O)N[C@@H]1CCCN(c2ccc(Br)cc2C#N)C1. The van der Waals surface area contributed by atoms with Gasteiger partial charge >= 0.3 is 0 Å². The molecule has 1 saturated heterocycles. The topological polar surface area (TPSA) is 56.1 Å². The molecule has 1 atom stereocenters. The van der Waals surface area contributed by atoms with E-state index in [0.29, 0.717) is 5.56 Å². The van der Waals surface area contributed by atoms with Crippen LogP contribution in [0.25, 0.3) is 0 Å². The van der Waals surface area contributed by atoms with Gasteiger partial charge in [-0.2, -0.15) is 5.26 Å². The number of benzene rings is 1. The van der Waals surface area contributed by atoms with Gasteiger partial charge in [-0.25, -0.2) is 0 Å². The van der Waals surface area contributed by atoms with Gasteiger partial charge in [0.2, 0.25) is 5.91 Å². The Balaban J connectivity index is 2.17. The molecule has 4 nitrogen and oxygen atoms in total. The monoisotopic (exact) mass is 321 g/mol. The van der Waals surface area contributed by atoms with E-state index in [1.165, 1.54) is 0 Å². The minimum atomic E-state index is 0.00293. The number of nitrogens with one attached hydrogen (secondary N) is 1. The van der Waals surface area contributed by atoms with Gasteiger partial charge < -0.3 is 10.2 Å². The van der Waals surface area contributed by atoms with Crippen molar-refractivity contribution in [2.24, 2.45) is 0 Å². The summed E-state index contributed by atoms with van der Waals surface area (Å²) in [6.07, 6.45) is 2.01. The highest BCUT2D eigenvalue weighted by Crippen LogP contribution is 2.26. The van der Waals surface area contributed by atoms with E-state index in [1.807, 2.05) is 18.2 Å². The second-order valence-corrected chi connectivity index (χ2v) is 5.67.